The van der Waals surface area contributed by atoms with Gasteiger partial charge in [0.2, 0.25) is 12.3 Å². The SMILES string of the molecule is FC(F)(F)c1cc([B-](c2cc(C(F)(F)F)cc(C(F)(F)F)c2)(c2cc(C(F)(F)F)cc(C(F)(F)F)c2)c2cc(C(F)(F)F)cc(C(F)(F)F)c2)cc(C(F)(F)F)c1.O=C(C[n+]1ccc2cccc(O)c2c1)c1ccccc1. The largest absolute Gasteiger partial charge is 0.507 e. The Hall–Kier alpha value is -7.42. The monoisotopic (exact) mass is 1130 g/mol. The molecule has 0 saturated carbocycles. The number of hydrogen-bond acceptors (Lipinski definition) is 2. The molecule has 6 aromatic carbocycles. The molecule has 1 N–H and O–H groups in total. The molecule has 0 aliphatic rings. The highest BCUT2D eigenvalue weighted by molar-refractivity contribution is 7.20. The first-order valence-corrected chi connectivity index (χ1v) is 21.0. The van der Waals surface area contributed by atoms with Crippen molar-refractivity contribution in [1.29, 1.82) is 0 Å². The van der Waals surface area contributed by atoms with Gasteiger partial charge in [-0.3, -0.25) is 4.79 Å². The molecule has 1 heterocycles. The van der Waals surface area contributed by atoms with E-state index in [4.69, 9.17) is 0 Å². The lowest BCUT2D eigenvalue weighted by molar-refractivity contribution is -0.681. The summed E-state index contributed by atoms with van der Waals surface area (Å²) in [6, 6.07) is 7.67. The quantitative estimate of drug-likeness (QED) is 0.0748. The zero-order valence-electron chi connectivity index (χ0n) is 37.4. The van der Waals surface area contributed by atoms with E-state index in [1.807, 2.05) is 36.5 Å². The van der Waals surface area contributed by atoms with Gasteiger partial charge in [0.25, 0.3) is 0 Å². The summed E-state index contributed by atoms with van der Waals surface area (Å²) in [6.45, 7) is 0.258. The molecular formula is C49H26BF24NO2. The highest BCUT2D eigenvalue weighted by atomic mass is 19.4. The number of carbonyl (C=O) groups excluding carboxylic acids is 1. The van der Waals surface area contributed by atoms with Crippen LogP contribution in [0, 0.1) is 0 Å². The number of phenolic OH excluding ortho intramolecular Hbond substituents is 1. The third-order valence-corrected chi connectivity index (χ3v) is 11.7. The van der Waals surface area contributed by atoms with Gasteiger partial charge in [0.1, 0.15) is 11.9 Å². The Morgan fingerprint density at radius 3 is 0.935 bits per heavy atom. The van der Waals surface area contributed by atoms with E-state index in [2.05, 4.69) is 0 Å². The number of nitrogens with zero attached hydrogens (tertiary/aromatic N) is 1. The summed E-state index contributed by atoms with van der Waals surface area (Å²) in [6.07, 6.45) is -51.2. The lowest BCUT2D eigenvalue weighted by atomic mass is 9.12. The molecule has 0 bridgehead atoms. The first-order valence-electron chi connectivity index (χ1n) is 21.0. The smallest absolute Gasteiger partial charge is 0.416 e. The molecule has 77 heavy (non-hydrogen) atoms. The molecule has 28 heteroatoms. The molecule has 0 radical (unpaired) electrons. The average Bonchev–Trinajstić information content (AvgIpc) is 3.30. The maximum absolute atomic E-state index is 14.2. The number of fused-ring (bicyclic) bond motifs is 1. The van der Waals surface area contributed by atoms with Gasteiger partial charge in [0.05, 0.1) is 49.9 Å². The van der Waals surface area contributed by atoms with Crippen LogP contribution in [0.5, 0.6) is 5.75 Å². The molecule has 0 aliphatic heterocycles. The van der Waals surface area contributed by atoms with Crippen LogP contribution in [-0.4, -0.2) is 17.0 Å². The van der Waals surface area contributed by atoms with Gasteiger partial charge in [-0.2, -0.15) is 132 Å². The zero-order chi connectivity index (χ0) is 57.9. The second-order valence-corrected chi connectivity index (χ2v) is 16.9. The molecular weight excluding hydrogens is 1100 g/mol. The number of ketones is 1. The maximum atomic E-state index is 14.2. The summed E-state index contributed by atoms with van der Waals surface area (Å²) in [4.78, 5) is 12.2. The minimum absolute atomic E-state index is 0.0466. The normalized spacial score (nSPS) is 13.4. The van der Waals surface area contributed by atoms with Crippen LogP contribution in [0.2, 0.25) is 0 Å². The average molecular weight is 1130 g/mol. The standard InChI is InChI=1S/C32H12BF24.C17H13NO2/c34-25(35,36)13-1-14(26(37,38)39)6-21(5-13)33(22-7-15(27(40,41)42)2-16(8-22)28(43,44)45,23-9-17(29(46,47)48)3-18(10-23)30(49,50)51)24-11-19(31(52,53)54)4-20(12-24)32(55,56)57;19-16-8-4-7-13-9-10-18(11-15(13)16)12-17(20)14-5-2-1-3-6-14/h1-12H;1-11H,12H2/q-1;/p+1. The van der Waals surface area contributed by atoms with Crippen LogP contribution >= 0.6 is 0 Å². The molecule has 0 fully saturated rings. The van der Waals surface area contributed by atoms with Crippen LogP contribution in [0.3, 0.4) is 0 Å². The number of hydrogen-bond donors (Lipinski definition) is 1. The molecule has 0 aliphatic carbocycles. The Morgan fingerprint density at radius 1 is 0.377 bits per heavy atom. The maximum Gasteiger partial charge on any atom is 0.416 e. The van der Waals surface area contributed by atoms with Gasteiger partial charge < -0.3 is 5.11 Å². The van der Waals surface area contributed by atoms with Gasteiger partial charge in [-0.05, 0) is 35.7 Å². The second kappa shape index (κ2) is 20.2. The molecule has 3 nitrogen and oxygen atoms in total. The molecule has 0 spiro atoms. The number of alkyl halides is 24. The van der Waals surface area contributed by atoms with Crippen molar-refractivity contribution in [1.82, 2.24) is 0 Å². The van der Waals surface area contributed by atoms with Crippen LogP contribution in [0.1, 0.15) is 54.9 Å². The fourth-order valence-corrected chi connectivity index (χ4v) is 8.29. The number of aromatic nitrogens is 1. The van der Waals surface area contributed by atoms with Crippen molar-refractivity contribution in [3.63, 3.8) is 0 Å². The highest BCUT2D eigenvalue weighted by Gasteiger charge is 2.47. The van der Waals surface area contributed by atoms with Crippen LogP contribution in [-0.2, 0) is 56.0 Å². The topological polar surface area (TPSA) is 41.2 Å². The van der Waals surface area contributed by atoms with Gasteiger partial charge in [0, 0.05) is 11.6 Å². The van der Waals surface area contributed by atoms with E-state index in [9.17, 15) is 115 Å². The van der Waals surface area contributed by atoms with Crippen molar-refractivity contribution in [2.75, 3.05) is 0 Å². The molecule has 7 aromatic rings. The molecule has 410 valence electrons. The number of halogens is 24. The lowest BCUT2D eigenvalue weighted by Gasteiger charge is -2.46. The van der Waals surface area contributed by atoms with Crippen LogP contribution in [0.15, 0.2) is 140 Å². The number of carbonyl (C=O) groups is 1. The summed E-state index contributed by atoms with van der Waals surface area (Å²) < 4.78 is 343. The molecule has 0 unspecified atom stereocenters. The van der Waals surface area contributed by atoms with Gasteiger partial charge >= 0.3 is 49.4 Å². The summed E-state index contributed by atoms with van der Waals surface area (Å²) in [5, 5.41) is 11.5. The van der Waals surface area contributed by atoms with E-state index in [1.54, 1.807) is 35.0 Å². The van der Waals surface area contributed by atoms with Crippen LogP contribution in [0.4, 0.5) is 105 Å². The summed E-state index contributed by atoms with van der Waals surface area (Å²) in [5.41, 5.74) is -29.5. The molecule has 1 aromatic heterocycles. The van der Waals surface area contributed by atoms with Gasteiger partial charge in [-0.1, -0.05) is 91.0 Å². The number of aromatic hydroxyl groups is 1. The van der Waals surface area contributed by atoms with Gasteiger partial charge in [-0.25, -0.2) is 0 Å². The van der Waals surface area contributed by atoms with E-state index in [1.165, 1.54) is 0 Å². The Balaban J connectivity index is 0.000000397. The fraction of sp³-hybridized carbons (Fsp3) is 0.184. The molecule has 0 saturated heterocycles. The molecule has 0 atom stereocenters. The van der Waals surface area contributed by atoms with E-state index in [0.717, 1.165) is 10.8 Å². The number of phenols is 1. The van der Waals surface area contributed by atoms with Crippen molar-refractivity contribution >= 4 is 44.6 Å². The highest BCUT2D eigenvalue weighted by Crippen LogP contribution is 2.41. The first-order chi connectivity index (χ1) is 35.0. The van der Waals surface area contributed by atoms with Crippen molar-refractivity contribution in [3.05, 3.63) is 190 Å². The van der Waals surface area contributed by atoms with E-state index < -0.39 is 195 Å². The predicted molar refractivity (Wildman–Crippen MR) is 227 cm³/mol. The van der Waals surface area contributed by atoms with Crippen molar-refractivity contribution < 1.29 is 120 Å². The first kappa shape index (κ1) is 58.8. The minimum atomic E-state index is -6.13. The molecule has 7 rings (SSSR count). The predicted octanol–water partition coefficient (Wildman–Crippen LogP) is 13.9. The summed E-state index contributed by atoms with van der Waals surface area (Å²) in [7, 11) is 0. The van der Waals surface area contributed by atoms with E-state index in [-0.39, 0.29) is 18.1 Å². The Morgan fingerprint density at radius 2 is 0.662 bits per heavy atom. The van der Waals surface area contributed by atoms with Crippen molar-refractivity contribution in [2.45, 2.75) is 56.0 Å². The van der Waals surface area contributed by atoms with Crippen LogP contribution in [0.25, 0.3) is 10.8 Å². The summed E-state index contributed by atoms with van der Waals surface area (Å²) in [5.74, 6) is 0.273. The van der Waals surface area contributed by atoms with E-state index in [0.29, 0.717) is 5.56 Å². The number of Topliss-reactive ketones (excluding diaryl/α,β-unsaturated/α-hetero) is 1. The van der Waals surface area contributed by atoms with Crippen molar-refractivity contribution in [3.8, 4) is 5.75 Å². The van der Waals surface area contributed by atoms with Gasteiger partial charge in [-0.15, -0.1) is 0 Å². The van der Waals surface area contributed by atoms with Crippen LogP contribution < -0.4 is 26.4 Å². The van der Waals surface area contributed by atoms with Gasteiger partial charge in [0.15, 0.2) is 12.4 Å². The zero-order valence-corrected chi connectivity index (χ0v) is 37.4. The number of pyridine rings is 1. The lowest BCUT2D eigenvalue weighted by Crippen LogP contribution is -2.75. The Labute approximate surface area is 415 Å². The summed E-state index contributed by atoms with van der Waals surface area (Å²) >= 11 is 0. The van der Waals surface area contributed by atoms with E-state index >= 15 is 0 Å². The number of rotatable bonds is 7. The minimum Gasteiger partial charge on any atom is -0.507 e. The number of benzene rings is 6. The fourth-order valence-electron chi connectivity index (χ4n) is 8.29. The Bertz CT molecular complexity index is 2870. The second-order valence-electron chi connectivity index (χ2n) is 16.9. The third-order valence-electron chi connectivity index (χ3n) is 11.7. The third kappa shape index (κ3) is 13.2. The molecule has 0 amide bonds. The Kier molecular flexibility index (Phi) is 15.4. The van der Waals surface area contributed by atoms with Crippen molar-refractivity contribution in [2.24, 2.45) is 0 Å².